The predicted molar refractivity (Wildman–Crippen MR) is 54.6 cm³/mol. The van der Waals surface area contributed by atoms with Gasteiger partial charge in [0.25, 0.3) is 0 Å². The average molecular weight is 287 g/mol. The summed E-state index contributed by atoms with van der Waals surface area (Å²) in [4.78, 5) is 21.8. The van der Waals surface area contributed by atoms with Crippen molar-refractivity contribution in [2.75, 3.05) is 5.32 Å². The van der Waals surface area contributed by atoms with Crippen LogP contribution in [-0.4, -0.2) is 11.8 Å². The molecule has 5 heteroatoms. The van der Waals surface area contributed by atoms with E-state index in [0.717, 1.165) is 3.57 Å². The minimum atomic E-state index is -0.741. The fourth-order valence-corrected chi connectivity index (χ4v) is 1.51. The summed E-state index contributed by atoms with van der Waals surface area (Å²) in [5, 5.41) is 6.08. The Hall–Kier alpha value is -1.11. The molecule has 0 spiro atoms. The highest BCUT2D eigenvalue weighted by Crippen LogP contribution is 2.26. The largest absolute Gasteiger partial charge is 0.335 e. The summed E-state index contributed by atoms with van der Waals surface area (Å²) in [6.45, 7) is 0. The maximum absolute atomic E-state index is 10.9. The molecule has 0 bridgehead atoms. The lowest BCUT2D eigenvalue weighted by Crippen LogP contribution is -2.33. The van der Waals surface area contributed by atoms with Crippen LogP contribution in [0.25, 0.3) is 0 Å². The minimum Gasteiger partial charge on any atom is -0.316 e. The molecular formula is C8H4IN2O2. The van der Waals surface area contributed by atoms with E-state index >= 15 is 0 Å². The Labute approximate surface area is 87.8 Å². The predicted octanol–water partition coefficient (Wildman–Crippen LogP) is 1.01. The molecule has 1 radical (unpaired) electrons. The van der Waals surface area contributed by atoms with Gasteiger partial charge < -0.3 is 5.32 Å². The number of nitrogens with one attached hydrogen (secondary N) is 1. The monoisotopic (exact) mass is 287 g/mol. The first-order valence-electron chi connectivity index (χ1n) is 3.53. The molecule has 1 aliphatic rings. The van der Waals surface area contributed by atoms with Gasteiger partial charge in [0, 0.05) is 3.57 Å². The molecule has 0 aromatic heterocycles. The van der Waals surface area contributed by atoms with Crippen molar-refractivity contribution in [3.05, 3.63) is 21.8 Å². The first-order valence-corrected chi connectivity index (χ1v) is 4.61. The molecule has 0 aliphatic carbocycles. The van der Waals surface area contributed by atoms with Gasteiger partial charge in [0.2, 0.25) is 0 Å². The minimum absolute atomic E-state index is 0.525. The highest BCUT2D eigenvalue weighted by Gasteiger charge is 2.24. The van der Waals surface area contributed by atoms with Crippen molar-refractivity contribution in [2.24, 2.45) is 0 Å². The lowest BCUT2D eigenvalue weighted by atomic mass is 10.2. The van der Waals surface area contributed by atoms with E-state index in [4.69, 9.17) is 0 Å². The third-order valence-electron chi connectivity index (χ3n) is 1.62. The zero-order valence-corrected chi connectivity index (χ0v) is 8.53. The molecule has 65 valence electrons. The van der Waals surface area contributed by atoms with Crippen LogP contribution >= 0.6 is 22.6 Å². The van der Waals surface area contributed by atoms with E-state index in [1.54, 1.807) is 12.1 Å². The molecule has 1 aromatic carbocycles. The Bertz CT molecular complexity index is 403. The number of hydrogen-bond donors (Lipinski definition) is 1. The summed E-state index contributed by atoms with van der Waals surface area (Å²) >= 11 is 2.11. The maximum Gasteiger partial charge on any atom is 0.335 e. The van der Waals surface area contributed by atoms with Crippen LogP contribution in [-0.2, 0) is 9.59 Å². The molecule has 0 saturated heterocycles. The Kier molecular flexibility index (Phi) is 1.95. The molecule has 1 aliphatic heterocycles. The summed E-state index contributed by atoms with van der Waals surface area (Å²) in [7, 11) is 0. The second kappa shape index (κ2) is 2.99. The number of anilines is 1. The highest BCUT2D eigenvalue weighted by atomic mass is 127. The summed E-state index contributed by atoms with van der Waals surface area (Å²) < 4.78 is 0.976. The van der Waals surface area contributed by atoms with Crippen LogP contribution in [0.2, 0.25) is 0 Å². The second-order valence-corrected chi connectivity index (χ2v) is 3.78. The number of fused-ring (bicyclic) bond motifs is 1. The third-order valence-corrected chi connectivity index (χ3v) is 2.30. The summed E-state index contributed by atoms with van der Waals surface area (Å²) in [5.41, 5.74) is 1.11. The summed E-state index contributed by atoms with van der Waals surface area (Å²) in [6.07, 6.45) is 0. The van der Waals surface area contributed by atoms with Crippen molar-refractivity contribution in [3.63, 3.8) is 0 Å². The van der Waals surface area contributed by atoms with E-state index in [2.05, 4.69) is 33.2 Å². The fraction of sp³-hybridized carbons (Fsp3) is 0. The molecule has 2 amide bonds. The second-order valence-electron chi connectivity index (χ2n) is 2.53. The van der Waals surface area contributed by atoms with Crippen LogP contribution < -0.4 is 10.6 Å². The molecule has 0 unspecified atom stereocenters. The first-order chi connectivity index (χ1) is 6.16. The molecule has 4 nitrogen and oxygen atoms in total. The molecule has 0 atom stereocenters. The highest BCUT2D eigenvalue weighted by molar-refractivity contribution is 14.1. The number of hydrogen-bond acceptors (Lipinski definition) is 2. The van der Waals surface area contributed by atoms with Crippen molar-refractivity contribution in [2.45, 2.75) is 0 Å². The topological polar surface area (TPSA) is 60.3 Å². The fourth-order valence-electron chi connectivity index (χ4n) is 1.04. The normalized spacial score (nSPS) is 14.5. The van der Waals surface area contributed by atoms with E-state index in [1.165, 1.54) is 0 Å². The Morgan fingerprint density at radius 2 is 2.08 bits per heavy atom. The van der Waals surface area contributed by atoms with Crippen molar-refractivity contribution < 1.29 is 9.59 Å². The van der Waals surface area contributed by atoms with Crippen molar-refractivity contribution in [1.82, 2.24) is 5.32 Å². The quantitative estimate of drug-likeness (QED) is 0.571. The molecule has 1 aromatic rings. The lowest BCUT2D eigenvalue weighted by molar-refractivity contribution is -0.135. The first kappa shape index (κ1) is 8.49. The third kappa shape index (κ3) is 1.51. The molecule has 0 fully saturated rings. The molecule has 0 saturated carbocycles. The van der Waals surface area contributed by atoms with Crippen LogP contribution in [0.5, 0.6) is 0 Å². The average Bonchev–Trinajstić information content (AvgIpc) is 2.08. The number of carbonyl (C=O) groups is 2. The van der Waals surface area contributed by atoms with Gasteiger partial charge >= 0.3 is 11.8 Å². The summed E-state index contributed by atoms with van der Waals surface area (Å²) in [6, 6.07) is 5.31. The van der Waals surface area contributed by atoms with E-state index < -0.39 is 11.8 Å². The Balaban J connectivity index is 2.48. The van der Waals surface area contributed by atoms with Crippen molar-refractivity contribution in [3.8, 4) is 0 Å². The number of halogens is 1. The van der Waals surface area contributed by atoms with Crippen molar-refractivity contribution in [1.29, 1.82) is 0 Å². The molecular weight excluding hydrogens is 283 g/mol. The van der Waals surface area contributed by atoms with Gasteiger partial charge in [-0.1, -0.05) is 0 Å². The van der Waals surface area contributed by atoms with Crippen LogP contribution in [0.3, 0.4) is 0 Å². The van der Waals surface area contributed by atoms with Crippen LogP contribution in [0.15, 0.2) is 18.2 Å². The zero-order valence-electron chi connectivity index (χ0n) is 6.37. The lowest BCUT2D eigenvalue weighted by Gasteiger charge is -2.14. The van der Waals surface area contributed by atoms with Gasteiger partial charge in [-0.2, -0.15) is 0 Å². The maximum atomic E-state index is 10.9. The molecule has 13 heavy (non-hydrogen) atoms. The standard InChI is InChI=1S/C8H4IN2O2/c9-4-1-2-5-6(3-4)11-8(13)7(12)10-5/h1-3H,(H,10,12). The van der Waals surface area contributed by atoms with Gasteiger partial charge in [-0.15, -0.1) is 0 Å². The zero-order chi connectivity index (χ0) is 9.42. The number of amides is 2. The Morgan fingerprint density at radius 1 is 1.31 bits per heavy atom. The van der Waals surface area contributed by atoms with Crippen molar-refractivity contribution >= 4 is 45.8 Å². The number of nitrogens with zero attached hydrogens (tertiary/aromatic N) is 1. The van der Waals surface area contributed by atoms with Crippen LogP contribution in [0.4, 0.5) is 11.4 Å². The van der Waals surface area contributed by atoms with Crippen LogP contribution in [0, 0.1) is 3.57 Å². The Morgan fingerprint density at radius 3 is 2.85 bits per heavy atom. The SMILES string of the molecule is O=C1[N]c2cc(I)ccc2NC1=O. The van der Waals surface area contributed by atoms with Gasteiger partial charge in [0.1, 0.15) is 0 Å². The number of rotatable bonds is 0. The van der Waals surface area contributed by atoms with E-state index in [-0.39, 0.29) is 0 Å². The smallest absolute Gasteiger partial charge is 0.316 e. The van der Waals surface area contributed by atoms with Crippen LogP contribution in [0.1, 0.15) is 0 Å². The van der Waals surface area contributed by atoms with E-state index in [0.29, 0.717) is 11.4 Å². The number of benzene rings is 1. The summed E-state index contributed by atoms with van der Waals surface area (Å²) in [5.74, 6) is -1.41. The van der Waals surface area contributed by atoms with Gasteiger partial charge in [-0.25, -0.2) is 5.32 Å². The molecule has 2 rings (SSSR count). The van der Waals surface area contributed by atoms with Gasteiger partial charge in [-0.05, 0) is 40.8 Å². The van der Waals surface area contributed by atoms with E-state index in [1.807, 2.05) is 6.07 Å². The van der Waals surface area contributed by atoms with Gasteiger partial charge in [0.15, 0.2) is 0 Å². The molecule has 1 N–H and O–H groups in total. The van der Waals surface area contributed by atoms with Gasteiger partial charge in [0.05, 0.1) is 11.4 Å². The van der Waals surface area contributed by atoms with E-state index in [9.17, 15) is 9.59 Å². The van der Waals surface area contributed by atoms with Gasteiger partial charge in [-0.3, -0.25) is 9.59 Å². The molecule has 1 heterocycles. The number of carbonyl (C=O) groups excluding carboxylic acids is 2.